The minimum atomic E-state index is -0.417. The molecule has 4 heteroatoms. The molecular weight excluding hydrogens is 228 g/mol. The normalized spacial score (nSPS) is 12.2. The maximum absolute atomic E-state index is 12.5. The lowest BCUT2D eigenvalue weighted by Gasteiger charge is -2.28. The molecule has 1 atom stereocenters. The average Bonchev–Trinajstić information content (AvgIpc) is 2.82. The van der Waals surface area contributed by atoms with Gasteiger partial charge in [0.15, 0.2) is 0 Å². The number of hydrogen-bond acceptors (Lipinski definition) is 3. The molecule has 0 saturated heterocycles. The van der Waals surface area contributed by atoms with Crippen LogP contribution in [-0.2, 0) is 4.79 Å². The number of amides is 1. The highest BCUT2D eigenvalue weighted by atomic mass is 16.3. The molecule has 0 bridgehead atoms. The summed E-state index contributed by atoms with van der Waals surface area (Å²) in [6.07, 6.45) is 4.98. The summed E-state index contributed by atoms with van der Waals surface area (Å²) in [5.74, 6) is 0.623. The molecule has 0 aliphatic rings. The summed E-state index contributed by atoms with van der Waals surface area (Å²) < 4.78 is 5.34. The van der Waals surface area contributed by atoms with Crippen molar-refractivity contribution in [3.63, 3.8) is 0 Å². The zero-order valence-corrected chi connectivity index (χ0v) is 11.0. The van der Waals surface area contributed by atoms with Crippen LogP contribution in [0.5, 0.6) is 0 Å². The van der Waals surface area contributed by atoms with Crippen molar-refractivity contribution >= 4 is 5.91 Å². The van der Waals surface area contributed by atoms with Gasteiger partial charge in [-0.1, -0.05) is 12.2 Å². The fraction of sp³-hybridized carbons (Fsp3) is 0.357. The Morgan fingerprint density at radius 3 is 2.39 bits per heavy atom. The molecule has 0 saturated carbocycles. The van der Waals surface area contributed by atoms with E-state index in [9.17, 15) is 4.79 Å². The van der Waals surface area contributed by atoms with Crippen LogP contribution in [0.1, 0.15) is 11.8 Å². The highest BCUT2D eigenvalue weighted by Gasteiger charge is 2.28. The smallest absolute Gasteiger partial charge is 0.248 e. The number of carbonyl (C=O) groups excluding carboxylic acids is 1. The Bertz CT molecular complexity index is 386. The van der Waals surface area contributed by atoms with E-state index in [2.05, 4.69) is 13.2 Å². The summed E-state index contributed by atoms with van der Waals surface area (Å²) in [7, 11) is 3.70. The van der Waals surface area contributed by atoms with Crippen LogP contribution in [0.4, 0.5) is 0 Å². The van der Waals surface area contributed by atoms with E-state index in [1.54, 1.807) is 29.4 Å². The predicted octanol–water partition coefficient (Wildman–Crippen LogP) is 2.08. The molecule has 0 aliphatic heterocycles. The van der Waals surface area contributed by atoms with Crippen LogP contribution in [0.15, 0.2) is 48.1 Å². The van der Waals surface area contributed by atoms with Gasteiger partial charge < -0.3 is 9.32 Å². The number of rotatable bonds is 7. The Morgan fingerprint density at radius 1 is 1.39 bits per heavy atom. The maximum atomic E-state index is 12.5. The number of nitrogens with zero attached hydrogens (tertiary/aromatic N) is 2. The first-order valence-electron chi connectivity index (χ1n) is 5.82. The largest absolute Gasteiger partial charge is 0.467 e. The van der Waals surface area contributed by atoms with Gasteiger partial charge in [-0.15, -0.1) is 13.2 Å². The third-order valence-corrected chi connectivity index (χ3v) is 2.57. The van der Waals surface area contributed by atoms with Gasteiger partial charge in [-0.3, -0.25) is 9.69 Å². The fourth-order valence-electron chi connectivity index (χ4n) is 1.78. The van der Waals surface area contributed by atoms with Crippen molar-refractivity contribution < 1.29 is 9.21 Å². The summed E-state index contributed by atoms with van der Waals surface area (Å²) in [5, 5.41) is 0. The Hall–Kier alpha value is -1.81. The van der Waals surface area contributed by atoms with Gasteiger partial charge in [0.2, 0.25) is 5.91 Å². The van der Waals surface area contributed by atoms with E-state index >= 15 is 0 Å². The first-order chi connectivity index (χ1) is 8.61. The van der Waals surface area contributed by atoms with Crippen molar-refractivity contribution in [3.8, 4) is 0 Å². The minimum absolute atomic E-state index is 0.0187. The van der Waals surface area contributed by atoms with Crippen molar-refractivity contribution in [2.45, 2.75) is 6.04 Å². The summed E-state index contributed by atoms with van der Waals surface area (Å²) in [5.41, 5.74) is 0. The lowest BCUT2D eigenvalue weighted by molar-refractivity contribution is -0.135. The SMILES string of the molecule is C=CCN(CC=C)C(=O)C(c1ccco1)N(C)C. The van der Waals surface area contributed by atoms with E-state index in [1.807, 2.05) is 25.1 Å². The van der Waals surface area contributed by atoms with Crippen LogP contribution < -0.4 is 0 Å². The van der Waals surface area contributed by atoms with Gasteiger partial charge >= 0.3 is 0 Å². The molecule has 0 aliphatic carbocycles. The van der Waals surface area contributed by atoms with Gasteiger partial charge in [0.05, 0.1) is 6.26 Å². The topological polar surface area (TPSA) is 36.7 Å². The maximum Gasteiger partial charge on any atom is 0.248 e. The number of hydrogen-bond donors (Lipinski definition) is 0. The van der Waals surface area contributed by atoms with E-state index in [4.69, 9.17) is 4.42 Å². The fourth-order valence-corrected chi connectivity index (χ4v) is 1.78. The number of carbonyl (C=O) groups is 1. The summed E-state index contributed by atoms with van der Waals surface area (Å²) in [6.45, 7) is 8.33. The first kappa shape index (κ1) is 14.3. The number of furan rings is 1. The highest BCUT2D eigenvalue weighted by molar-refractivity contribution is 5.82. The number of likely N-dealkylation sites (N-methyl/N-ethyl adjacent to an activating group) is 1. The molecule has 0 aromatic carbocycles. The monoisotopic (exact) mass is 248 g/mol. The molecule has 18 heavy (non-hydrogen) atoms. The Kier molecular flexibility index (Phi) is 5.39. The van der Waals surface area contributed by atoms with Crippen LogP contribution in [0.3, 0.4) is 0 Å². The molecule has 1 unspecified atom stereocenters. The quantitative estimate of drug-likeness (QED) is 0.693. The second-order valence-corrected chi connectivity index (χ2v) is 4.20. The first-order valence-corrected chi connectivity index (χ1v) is 5.82. The lowest BCUT2D eigenvalue weighted by atomic mass is 10.1. The Labute approximate surface area is 108 Å². The second kappa shape index (κ2) is 6.81. The van der Waals surface area contributed by atoms with Gasteiger partial charge in [0.1, 0.15) is 11.8 Å². The summed E-state index contributed by atoms with van der Waals surface area (Å²) in [6, 6.07) is 3.17. The van der Waals surface area contributed by atoms with Crippen molar-refractivity contribution in [1.82, 2.24) is 9.80 Å². The Balaban J connectivity index is 2.94. The van der Waals surface area contributed by atoms with E-state index in [0.29, 0.717) is 18.8 Å². The van der Waals surface area contributed by atoms with E-state index in [0.717, 1.165) is 0 Å². The molecule has 0 N–H and O–H groups in total. The van der Waals surface area contributed by atoms with Crippen LogP contribution in [-0.4, -0.2) is 42.9 Å². The summed E-state index contributed by atoms with van der Waals surface area (Å²) >= 11 is 0. The van der Waals surface area contributed by atoms with Gasteiger partial charge in [0, 0.05) is 13.1 Å². The Morgan fingerprint density at radius 2 is 2.00 bits per heavy atom. The molecule has 1 amide bonds. The third-order valence-electron chi connectivity index (χ3n) is 2.57. The van der Waals surface area contributed by atoms with Crippen molar-refractivity contribution in [2.75, 3.05) is 27.2 Å². The third kappa shape index (κ3) is 3.34. The molecule has 1 rings (SSSR count). The molecule has 98 valence electrons. The summed E-state index contributed by atoms with van der Waals surface area (Å²) in [4.78, 5) is 16.0. The van der Waals surface area contributed by atoms with Gasteiger partial charge in [-0.25, -0.2) is 0 Å². The minimum Gasteiger partial charge on any atom is -0.467 e. The highest BCUT2D eigenvalue weighted by Crippen LogP contribution is 2.21. The van der Waals surface area contributed by atoms with E-state index in [1.165, 1.54) is 0 Å². The van der Waals surface area contributed by atoms with E-state index < -0.39 is 6.04 Å². The lowest BCUT2D eigenvalue weighted by Crippen LogP contribution is -2.40. The molecule has 0 spiro atoms. The zero-order valence-electron chi connectivity index (χ0n) is 11.0. The molecule has 1 heterocycles. The van der Waals surface area contributed by atoms with Crippen molar-refractivity contribution in [1.29, 1.82) is 0 Å². The molecule has 1 aromatic rings. The standard InChI is InChI=1S/C14H20N2O2/c1-5-9-16(10-6-2)14(17)13(15(3)4)12-8-7-11-18-12/h5-8,11,13H,1-2,9-10H2,3-4H3. The molecule has 4 nitrogen and oxygen atoms in total. The molecular formula is C14H20N2O2. The van der Waals surface area contributed by atoms with Crippen molar-refractivity contribution in [3.05, 3.63) is 49.5 Å². The van der Waals surface area contributed by atoms with Crippen LogP contribution in [0.2, 0.25) is 0 Å². The zero-order chi connectivity index (χ0) is 13.5. The van der Waals surface area contributed by atoms with Gasteiger partial charge in [0.25, 0.3) is 0 Å². The van der Waals surface area contributed by atoms with Gasteiger partial charge in [-0.05, 0) is 26.2 Å². The van der Waals surface area contributed by atoms with Crippen LogP contribution in [0.25, 0.3) is 0 Å². The van der Waals surface area contributed by atoms with Crippen molar-refractivity contribution in [2.24, 2.45) is 0 Å². The molecule has 0 radical (unpaired) electrons. The van der Waals surface area contributed by atoms with Crippen LogP contribution >= 0.6 is 0 Å². The molecule has 0 fully saturated rings. The second-order valence-electron chi connectivity index (χ2n) is 4.20. The molecule has 1 aromatic heterocycles. The average molecular weight is 248 g/mol. The van der Waals surface area contributed by atoms with Gasteiger partial charge in [-0.2, -0.15) is 0 Å². The van der Waals surface area contributed by atoms with Crippen LogP contribution in [0, 0.1) is 0 Å². The van der Waals surface area contributed by atoms with E-state index in [-0.39, 0.29) is 5.91 Å². The predicted molar refractivity (Wildman–Crippen MR) is 72.1 cm³/mol.